The van der Waals surface area contributed by atoms with E-state index in [2.05, 4.69) is 16.7 Å². The molecular weight excluding hydrogens is 295 g/mol. The molecule has 0 spiro atoms. The number of ether oxygens (including phenoxy) is 1. The highest BCUT2D eigenvalue weighted by Crippen LogP contribution is 2.27. The zero-order valence-corrected chi connectivity index (χ0v) is 12.3. The molecule has 0 amide bonds. The van der Waals surface area contributed by atoms with E-state index in [1.54, 1.807) is 25.1 Å². The summed E-state index contributed by atoms with van der Waals surface area (Å²) >= 11 is 5.75. The minimum atomic E-state index is -0.502. The summed E-state index contributed by atoms with van der Waals surface area (Å²) in [5.41, 5.74) is 1.25. The first-order chi connectivity index (χ1) is 10.0. The van der Waals surface area contributed by atoms with E-state index in [1.807, 2.05) is 0 Å². The van der Waals surface area contributed by atoms with Crippen molar-refractivity contribution in [1.29, 1.82) is 0 Å². The van der Waals surface area contributed by atoms with Crippen molar-refractivity contribution >= 4 is 30.0 Å². The fourth-order valence-electron chi connectivity index (χ4n) is 2.12. The molecule has 1 aliphatic heterocycles. The molecule has 1 aliphatic rings. The van der Waals surface area contributed by atoms with Crippen LogP contribution >= 0.6 is 11.6 Å². The second-order valence-electron chi connectivity index (χ2n) is 4.49. The molecule has 110 valence electrons. The van der Waals surface area contributed by atoms with Crippen molar-refractivity contribution in [1.82, 2.24) is 9.98 Å². The third kappa shape index (κ3) is 3.51. The normalized spacial score (nSPS) is 17.6. The largest absolute Gasteiger partial charge is 0.461 e. The van der Waals surface area contributed by atoms with Gasteiger partial charge in [0.05, 0.1) is 25.1 Å². The molecule has 1 aromatic rings. The molecule has 0 aliphatic carbocycles. The predicted molar refractivity (Wildman–Crippen MR) is 80.9 cm³/mol. The van der Waals surface area contributed by atoms with Crippen molar-refractivity contribution in [2.75, 3.05) is 6.61 Å². The quantitative estimate of drug-likeness (QED) is 0.529. The highest BCUT2D eigenvalue weighted by molar-refractivity contribution is 6.30. The lowest BCUT2D eigenvalue weighted by atomic mass is 9.96. The molecule has 6 heteroatoms. The van der Waals surface area contributed by atoms with Crippen LogP contribution in [0.15, 0.2) is 30.0 Å². The Morgan fingerprint density at radius 1 is 1.62 bits per heavy atom. The average molecular weight is 310 g/mol. The molecule has 1 unspecified atom stereocenters. The molecular formula is C15H15ClFN2O2+. The Bertz CT molecular complexity index is 651. The highest BCUT2D eigenvalue weighted by atomic mass is 35.5. The second kappa shape index (κ2) is 6.57. The van der Waals surface area contributed by atoms with Gasteiger partial charge in [-0.3, -0.25) is 0 Å². The molecule has 2 rings (SSSR count). The molecule has 0 aromatic heterocycles. The van der Waals surface area contributed by atoms with Gasteiger partial charge in [0, 0.05) is 10.6 Å². The van der Waals surface area contributed by atoms with Gasteiger partial charge in [0.2, 0.25) is 0 Å². The Morgan fingerprint density at radius 3 is 3.00 bits per heavy atom. The molecule has 1 aromatic carbocycles. The summed E-state index contributed by atoms with van der Waals surface area (Å²) < 4.78 is 22.8. The van der Waals surface area contributed by atoms with Gasteiger partial charge in [0.1, 0.15) is 11.5 Å². The molecule has 21 heavy (non-hydrogen) atoms. The first-order valence-corrected chi connectivity index (χ1v) is 6.85. The van der Waals surface area contributed by atoms with Gasteiger partial charge < -0.3 is 10.1 Å². The highest BCUT2D eigenvalue weighted by Gasteiger charge is 2.30. The number of benzene rings is 1. The maximum absolute atomic E-state index is 14.0. The smallest absolute Gasteiger partial charge is 0.354 e. The number of nitrogens with one attached hydrogen (secondary N) is 1. The van der Waals surface area contributed by atoms with Crippen LogP contribution in [-0.4, -0.2) is 25.0 Å². The van der Waals surface area contributed by atoms with Crippen LogP contribution in [0.25, 0.3) is 0 Å². The summed E-state index contributed by atoms with van der Waals surface area (Å²) in [5, 5.41) is 3.29. The number of rotatable bonds is 3. The topological polar surface area (TPSA) is 52.4 Å². The van der Waals surface area contributed by atoms with Crippen LogP contribution in [-0.2, 0) is 9.53 Å². The van der Waals surface area contributed by atoms with Gasteiger partial charge in [-0.2, -0.15) is 0 Å². The standard InChI is InChI=1S/C15H14ClFN2O2/c1-3-21-15(20)14-8-10(18-2)7-13(19-14)11-5-4-9(16)6-12(11)17/h4-6,8,13H,2-3,7H2,1H3/p+1. The molecule has 1 heterocycles. The molecule has 4 nitrogen and oxygen atoms in total. The van der Waals surface area contributed by atoms with E-state index in [4.69, 9.17) is 16.3 Å². The number of allylic oxidation sites excluding steroid dienone is 1. The minimum absolute atomic E-state index is 0.241. The first kappa shape index (κ1) is 15.3. The van der Waals surface area contributed by atoms with Crippen LogP contribution in [0.1, 0.15) is 24.9 Å². The summed E-state index contributed by atoms with van der Waals surface area (Å²) in [7, 11) is 0. The van der Waals surface area contributed by atoms with Gasteiger partial charge in [-0.25, -0.2) is 9.18 Å². The number of halogens is 2. The first-order valence-electron chi connectivity index (χ1n) is 6.48. The van der Waals surface area contributed by atoms with Crippen molar-refractivity contribution in [2.24, 2.45) is 0 Å². The van der Waals surface area contributed by atoms with Crippen molar-refractivity contribution in [3.8, 4) is 0 Å². The minimum Gasteiger partial charge on any atom is -0.461 e. The van der Waals surface area contributed by atoms with E-state index < -0.39 is 17.8 Å². The van der Waals surface area contributed by atoms with Gasteiger partial charge in [-0.05, 0) is 19.1 Å². The van der Waals surface area contributed by atoms with E-state index in [1.165, 1.54) is 6.07 Å². The van der Waals surface area contributed by atoms with Crippen molar-refractivity contribution in [3.05, 3.63) is 46.4 Å². The Morgan fingerprint density at radius 2 is 2.38 bits per heavy atom. The molecule has 1 atom stereocenters. The van der Waals surface area contributed by atoms with Gasteiger partial charge in [-0.1, -0.05) is 17.7 Å². The number of carbonyl (C=O) groups is 1. The molecule has 1 N–H and O–H groups in total. The van der Waals surface area contributed by atoms with Crippen LogP contribution in [0.2, 0.25) is 5.02 Å². The van der Waals surface area contributed by atoms with E-state index in [0.29, 0.717) is 22.7 Å². The van der Waals surface area contributed by atoms with Gasteiger partial charge in [-0.15, -0.1) is 4.67 Å². The Hall–Kier alpha value is -2.10. The van der Waals surface area contributed by atoms with Gasteiger partial charge in [0.25, 0.3) is 6.72 Å². The summed E-state index contributed by atoms with van der Waals surface area (Å²) in [6.45, 7) is 5.44. The van der Waals surface area contributed by atoms with Crippen LogP contribution in [0.5, 0.6) is 0 Å². The van der Waals surface area contributed by atoms with E-state index in [9.17, 15) is 9.18 Å². The zero-order chi connectivity index (χ0) is 15.4. The number of hydrogen-bond donors (Lipinski definition) is 1. The van der Waals surface area contributed by atoms with Crippen molar-refractivity contribution < 1.29 is 13.9 Å². The Labute approximate surface area is 127 Å². The fraction of sp³-hybridized carbons (Fsp3) is 0.267. The maximum Gasteiger partial charge on any atom is 0.354 e. The zero-order valence-electron chi connectivity index (χ0n) is 11.5. The number of carbonyl (C=O) groups excluding carboxylic acids is 1. The van der Waals surface area contributed by atoms with Crippen LogP contribution in [0, 0.1) is 5.82 Å². The van der Waals surface area contributed by atoms with Crippen LogP contribution < -0.4 is 9.98 Å². The lowest BCUT2D eigenvalue weighted by Gasteiger charge is -2.23. The van der Waals surface area contributed by atoms with Crippen LogP contribution in [0.3, 0.4) is 0 Å². The third-order valence-corrected chi connectivity index (χ3v) is 3.33. The average Bonchev–Trinajstić information content (AvgIpc) is 2.47. The van der Waals surface area contributed by atoms with Crippen LogP contribution in [0.4, 0.5) is 4.39 Å². The van der Waals surface area contributed by atoms with E-state index >= 15 is 0 Å². The Balaban J connectivity index is 2.33. The number of nitrogens with zero attached hydrogens (tertiary/aromatic N) is 1. The number of esters is 1. The summed E-state index contributed by atoms with van der Waals surface area (Å²) in [4.78, 5) is 11.8. The van der Waals surface area contributed by atoms with Crippen molar-refractivity contribution in [3.63, 3.8) is 0 Å². The third-order valence-electron chi connectivity index (χ3n) is 3.09. The number of hydrogen-bond acceptors (Lipinski definition) is 3. The molecule has 0 radical (unpaired) electrons. The lowest BCUT2D eigenvalue weighted by molar-refractivity contribution is -0.139. The van der Waals surface area contributed by atoms with E-state index in [0.717, 1.165) is 0 Å². The lowest BCUT2D eigenvalue weighted by Crippen LogP contribution is -2.33. The predicted octanol–water partition coefficient (Wildman–Crippen LogP) is 2.17. The summed E-state index contributed by atoms with van der Waals surface area (Å²) in [6, 6.07) is 4.00. The summed E-state index contributed by atoms with van der Waals surface area (Å²) in [6.07, 6.45) is 1.99. The monoisotopic (exact) mass is 309 g/mol. The molecule has 0 bridgehead atoms. The fourth-order valence-corrected chi connectivity index (χ4v) is 2.28. The molecule has 0 saturated carbocycles. The van der Waals surface area contributed by atoms with E-state index in [-0.39, 0.29) is 12.3 Å². The molecule has 0 saturated heterocycles. The van der Waals surface area contributed by atoms with Gasteiger partial charge in [0.15, 0.2) is 0 Å². The molecule has 0 fully saturated rings. The summed E-state index contributed by atoms with van der Waals surface area (Å²) in [5.74, 6) is -0.939. The van der Waals surface area contributed by atoms with Crippen molar-refractivity contribution in [2.45, 2.75) is 19.4 Å². The second-order valence-corrected chi connectivity index (χ2v) is 4.93. The SMILES string of the molecule is C=[N+]=C1C=C(C(=O)OCC)NC(c2ccc(Cl)cc2F)C1. The Kier molecular flexibility index (Phi) is 4.78. The maximum atomic E-state index is 14.0. The van der Waals surface area contributed by atoms with Gasteiger partial charge >= 0.3 is 11.7 Å².